The number of hydrogen-bond acceptors (Lipinski definition) is 2. The van der Waals surface area contributed by atoms with Crippen LogP contribution in [0.3, 0.4) is 0 Å². The third kappa shape index (κ3) is 2.46. The molecule has 0 atom stereocenters. The van der Waals surface area contributed by atoms with Crippen LogP contribution in [0.2, 0.25) is 0 Å². The molecular weight excluding hydrogens is 300 g/mol. The van der Waals surface area contributed by atoms with Crippen molar-refractivity contribution in [3.63, 3.8) is 0 Å². The molecule has 0 saturated heterocycles. The van der Waals surface area contributed by atoms with Crippen molar-refractivity contribution in [1.82, 2.24) is 14.3 Å². The summed E-state index contributed by atoms with van der Waals surface area (Å²) in [5.74, 6) is -0.139. The second-order valence-electron chi connectivity index (χ2n) is 5.63. The predicted molar refractivity (Wildman–Crippen MR) is 94.4 cm³/mol. The van der Waals surface area contributed by atoms with E-state index in [-0.39, 0.29) is 5.91 Å². The molecule has 0 bridgehead atoms. The Morgan fingerprint density at radius 1 is 1.00 bits per heavy atom. The Morgan fingerprint density at radius 3 is 2.58 bits per heavy atom. The first-order valence-electron chi connectivity index (χ1n) is 7.68. The van der Waals surface area contributed by atoms with E-state index in [0.29, 0.717) is 11.3 Å². The normalized spacial score (nSPS) is 10.9. The Bertz CT molecular complexity index is 1010. The van der Waals surface area contributed by atoms with Gasteiger partial charge in [-0.15, -0.1) is 0 Å². The molecule has 5 heteroatoms. The second kappa shape index (κ2) is 5.70. The van der Waals surface area contributed by atoms with E-state index in [9.17, 15) is 4.79 Å². The topological polar surface area (TPSA) is 51.9 Å². The van der Waals surface area contributed by atoms with Crippen molar-refractivity contribution in [3.05, 3.63) is 78.8 Å². The number of rotatable bonds is 3. The molecule has 2 aromatic carbocycles. The van der Waals surface area contributed by atoms with E-state index in [1.165, 1.54) is 0 Å². The van der Waals surface area contributed by atoms with E-state index in [4.69, 9.17) is 0 Å². The molecule has 1 N–H and O–H groups in total. The fraction of sp³-hybridized carbons (Fsp3) is 0.0526. The lowest BCUT2D eigenvalue weighted by Crippen LogP contribution is -2.10. The smallest absolute Gasteiger partial charge is 0.257 e. The van der Waals surface area contributed by atoms with E-state index >= 15 is 0 Å². The molecule has 1 amide bonds. The SMILES string of the molecule is Cn1cc(C(=O)Nc2cnn(-c3ccccc3)c2)c2ccccc21. The van der Waals surface area contributed by atoms with Gasteiger partial charge in [-0.2, -0.15) is 5.10 Å². The van der Waals surface area contributed by atoms with Crippen LogP contribution < -0.4 is 5.32 Å². The maximum absolute atomic E-state index is 12.6. The number of para-hydroxylation sites is 2. The first-order valence-corrected chi connectivity index (χ1v) is 7.68. The third-order valence-electron chi connectivity index (χ3n) is 4.00. The average molecular weight is 316 g/mol. The Kier molecular flexibility index (Phi) is 3.39. The van der Waals surface area contributed by atoms with Gasteiger partial charge in [0, 0.05) is 24.1 Å². The summed E-state index contributed by atoms with van der Waals surface area (Å²) in [5.41, 5.74) is 3.29. The van der Waals surface area contributed by atoms with E-state index in [2.05, 4.69) is 10.4 Å². The zero-order valence-corrected chi connectivity index (χ0v) is 13.2. The summed E-state index contributed by atoms with van der Waals surface area (Å²) < 4.78 is 3.69. The third-order valence-corrected chi connectivity index (χ3v) is 4.00. The van der Waals surface area contributed by atoms with Crippen LogP contribution in [0, 0.1) is 0 Å². The monoisotopic (exact) mass is 316 g/mol. The van der Waals surface area contributed by atoms with E-state index in [1.807, 2.05) is 72.4 Å². The molecule has 0 aliphatic rings. The number of anilines is 1. The van der Waals surface area contributed by atoms with Gasteiger partial charge in [-0.25, -0.2) is 4.68 Å². The Labute approximate surface area is 139 Å². The summed E-state index contributed by atoms with van der Waals surface area (Å²) in [6.45, 7) is 0. The molecule has 0 aliphatic heterocycles. The van der Waals surface area contributed by atoms with Crippen molar-refractivity contribution in [1.29, 1.82) is 0 Å². The molecule has 0 unspecified atom stereocenters. The number of hydrogen-bond donors (Lipinski definition) is 1. The van der Waals surface area contributed by atoms with Crippen LogP contribution in [0.1, 0.15) is 10.4 Å². The van der Waals surface area contributed by atoms with Crippen molar-refractivity contribution in [2.75, 3.05) is 5.32 Å². The molecule has 4 aromatic rings. The molecule has 2 aromatic heterocycles. The van der Waals surface area contributed by atoms with Gasteiger partial charge < -0.3 is 9.88 Å². The van der Waals surface area contributed by atoms with Crippen LogP contribution in [-0.2, 0) is 7.05 Å². The van der Waals surface area contributed by atoms with Crippen LogP contribution in [0.5, 0.6) is 0 Å². The lowest BCUT2D eigenvalue weighted by molar-refractivity contribution is 0.102. The van der Waals surface area contributed by atoms with Crippen molar-refractivity contribution in [3.8, 4) is 5.69 Å². The van der Waals surface area contributed by atoms with Crippen LogP contribution in [0.25, 0.3) is 16.6 Å². The number of nitrogens with one attached hydrogen (secondary N) is 1. The summed E-state index contributed by atoms with van der Waals surface area (Å²) in [6, 6.07) is 17.6. The van der Waals surface area contributed by atoms with Crippen molar-refractivity contribution in [2.24, 2.45) is 7.05 Å². The van der Waals surface area contributed by atoms with E-state index in [0.717, 1.165) is 16.6 Å². The van der Waals surface area contributed by atoms with Gasteiger partial charge in [0.25, 0.3) is 5.91 Å². The number of aryl methyl sites for hydroxylation is 1. The van der Waals surface area contributed by atoms with E-state index in [1.54, 1.807) is 17.1 Å². The van der Waals surface area contributed by atoms with Gasteiger partial charge in [-0.05, 0) is 18.2 Å². The largest absolute Gasteiger partial charge is 0.350 e. The molecule has 24 heavy (non-hydrogen) atoms. The zero-order valence-electron chi connectivity index (χ0n) is 13.2. The zero-order chi connectivity index (χ0) is 16.5. The highest BCUT2D eigenvalue weighted by Gasteiger charge is 2.14. The van der Waals surface area contributed by atoms with Crippen LogP contribution in [0.15, 0.2) is 73.2 Å². The minimum absolute atomic E-state index is 0.139. The van der Waals surface area contributed by atoms with Gasteiger partial charge in [0.1, 0.15) is 0 Å². The fourth-order valence-electron chi connectivity index (χ4n) is 2.83. The average Bonchev–Trinajstić information content (AvgIpc) is 3.21. The summed E-state index contributed by atoms with van der Waals surface area (Å²) in [4.78, 5) is 12.6. The van der Waals surface area contributed by atoms with Gasteiger partial charge in [0.2, 0.25) is 0 Å². The number of fused-ring (bicyclic) bond motifs is 1. The standard InChI is InChI=1S/C19H16N4O/c1-22-13-17(16-9-5-6-10-18(16)22)19(24)21-14-11-20-23(12-14)15-7-3-2-4-8-15/h2-13H,1H3,(H,21,24). The molecule has 118 valence electrons. The number of nitrogens with zero attached hydrogens (tertiary/aromatic N) is 3. The van der Waals surface area contributed by atoms with Crippen molar-refractivity contribution >= 4 is 22.5 Å². The van der Waals surface area contributed by atoms with Crippen molar-refractivity contribution in [2.45, 2.75) is 0 Å². The number of aromatic nitrogens is 3. The van der Waals surface area contributed by atoms with Crippen LogP contribution in [-0.4, -0.2) is 20.3 Å². The predicted octanol–water partition coefficient (Wildman–Crippen LogP) is 3.62. The molecule has 2 heterocycles. The first kappa shape index (κ1) is 14.3. The van der Waals surface area contributed by atoms with Crippen LogP contribution >= 0.6 is 0 Å². The highest BCUT2D eigenvalue weighted by Crippen LogP contribution is 2.21. The lowest BCUT2D eigenvalue weighted by atomic mass is 10.1. The van der Waals surface area contributed by atoms with Gasteiger partial charge in [-0.1, -0.05) is 36.4 Å². The highest BCUT2D eigenvalue weighted by molar-refractivity contribution is 6.12. The maximum Gasteiger partial charge on any atom is 0.257 e. The number of carbonyl (C=O) groups excluding carboxylic acids is 1. The lowest BCUT2D eigenvalue weighted by Gasteiger charge is -2.01. The number of benzene rings is 2. The molecule has 0 spiro atoms. The molecule has 0 aliphatic carbocycles. The van der Waals surface area contributed by atoms with Crippen molar-refractivity contribution < 1.29 is 4.79 Å². The second-order valence-corrected chi connectivity index (χ2v) is 5.63. The van der Waals surface area contributed by atoms with Gasteiger partial charge >= 0.3 is 0 Å². The summed E-state index contributed by atoms with van der Waals surface area (Å²) in [7, 11) is 1.94. The van der Waals surface area contributed by atoms with Gasteiger partial charge in [0.05, 0.1) is 29.3 Å². The van der Waals surface area contributed by atoms with Gasteiger partial charge in [0.15, 0.2) is 0 Å². The highest BCUT2D eigenvalue weighted by atomic mass is 16.1. The maximum atomic E-state index is 12.6. The quantitative estimate of drug-likeness (QED) is 0.627. The minimum atomic E-state index is -0.139. The molecular formula is C19H16N4O. The molecule has 0 fully saturated rings. The Morgan fingerprint density at radius 2 is 1.75 bits per heavy atom. The molecule has 5 nitrogen and oxygen atoms in total. The van der Waals surface area contributed by atoms with Gasteiger partial charge in [-0.3, -0.25) is 4.79 Å². The molecule has 0 saturated carbocycles. The Hall–Kier alpha value is -3.34. The Balaban J connectivity index is 1.61. The summed E-state index contributed by atoms with van der Waals surface area (Å²) >= 11 is 0. The summed E-state index contributed by atoms with van der Waals surface area (Å²) in [5, 5.41) is 8.15. The number of carbonyl (C=O) groups is 1. The number of amides is 1. The first-order chi connectivity index (χ1) is 11.7. The molecule has 0 radical (unpaired) electrons. The molecule has 4 rings (SSSR count). The fourth-order valence-corrected chi connectivity index (χ4v) is 2.83. The summed E-state index contributed by atoms with van der Waals surface area (Å²) in [6.07, 6.45) is 5.30. The van der Waals surface area contributed by atoms with Crippen LogP contribution in [0.4, 0.5) is 5.69 Å². The minimum Gasteiger partial charge on any atom is -0.350 e. The van der Waals surface area contributed by atoms with E-state index < -0.39 is 0 Å².